The van der Waals surface area contributed by atoms with Crippen LogP contribution in [0.25, 0.3) is 6.08 Å². The molecule has 1 heterocycles. The van der Waals surface area contributed by atoms with E-state index in [0.29, 0.717) is 18.8 Å². The van der Waals surface area contributed by atoms with Gasteiger partial charge in [0.1, 0.15) is 0 Å². The summed E-state index contributed by atoms with van der Waals surface area (Å²) in [6.07, 6.45) is 3.62. The molecule has 0 atom stereocenters. The summed E-state index contributed by atoms with van der Waals surface area (Å²) in [5.41, 5.74) is 2.38. The van der Waals surface area contributed by atoms with Gasteiger partial charge in [0.2, 0.25) is 0 Å². The molecule has 20 heavy (non-hydrogen) atoms. The SMILES string of the molecule is CCOC(=O)/C=C/c1cccc2c1N(C(=O)O)CCC2. The van der Waals surface area contributed by atoms with E-state index in [-0.39, 0.29) is 0 Å². The largest absolute Gasteiger partial charge is 0.465 e. The Labute approximate surface area is 117 Å². The normalized spacial score (nSPS) is 14.2. The summed E-state index contributed by atoms with van der Waals surface area (Å²) >= 11 is 0. The van der Waals surface area contributed by atoms with Crippen LogP contribution in [-0.4, -0.2) is 30.3 Å². The molecule has 0 saturated carbocycles. The molecule has 0 saturated heterocycles. The van der Waals surface area contributed by atoms with Crippen molar-refractivity contribution in [3.8, 4) is 0 Å². The maximum Gasteiger partial charge on any atom is 0.411 e. The van der Waals surface area contributed by atoms with Crippen molar-refractivity contribution in [3.63, 3.8) is 0 Å². The van der Waals surface area contributed by atoms with Gasteiger partial charge in [-0.2, -0.15) is 0 Å². The van der Waals surface area contributed by atoms with Crippen LogP contribution >= 0.6 is 0 Å². The van der Waals surface area contributed by atoms with Crippen LogP contribution in [0.1, 0.15) is 24.5 Å². The van der Waals surface area contributed by atoms with E-state index in [0.717, 1.165) is 24.0 Å². The number of hydrogen-bond acceptors (Lipinski definition) is 3. The molecule has 106 valence electrons. The van der Waals surface area contributed by atoms with Crippen molar-refractivity contribution in [3.05, 3.63) is 35.4 Å². The van der Waals surface area contributed by atoms with Crippen molar-refractivity contribution in [2.45, 2.75) is 19.8 Å². The standard InChI is InChI=1S/C15H17NO4/c1-2-20-13(17)9-8-12-6-3-5-11-7-4-10-16(14(11)12)15(18)19/h3,5-6,8-9H,2,4,7,10H2,1H3,(H,18,19)/b9-8+. The molecule has 5 heteroatoms. The number of nitrogens with zero attached hydrogens (tertiary/aromatic N) is 1. The second kappa shape index (κ2) is 6.23. The topological polar surface area (TPSA) is 66.8 Å². The summed E-state index contributed by atoms with van der Waals surface area (Å²) in [7, 11) is 0. The highest BCUT2D eigenvalue weighted by molar-refractivity contribution is 5.94. The number of carbonyl (C=O) groups excluding carboxylic acids is 1. The molecule has 2 rings (SSSR count). The number of ether oxygens (including phenoxy) is 1. The van der Waals surface area contributed by atoms with Gasteiger partial charge in [-0.25, -0.2) is 9.59 Å². The summed E-state index contributed by atoms with van der Waals surface area (Å²) in [6, 6.07) is 5.59. The highest BCUT2D eigenvalue weighted by atomic mass is 16.5. The monoisotopic (exact) mass is 275 g/mol. The van der Waals surface area contributed by atoms with Crippen LogP contribution in [-0.2, 0) is 16.0 Å². The number of rotatable bonds is 3. The van der Waals surface area contributed by atoms with Crippen LogP contribution in [0.2, 0.25) is 0 Å². The van der Waals surface area contributed by atoms with Gasteiger partial charge in [0.05, 0.1) is 12.3 Å². The van der Waals surface area contributed by atoms with E-state index >= 15 is 0 Å². The number of amides is 1. The Morgan fingerprint density at radius 3 is 2.95 bits per heavy atom. The van der Waals surface area contributed by atoms with Crippen LogP contribution in [0.15, 0.2) is 24.3 Å². The van der Waals surface area contributed by atoms with Crippen LogP contribution in [0, 0.1) is 0 Å². The first-order valence-corrected chi connectivity index (χ1v) is 6.60. The molecule has 1 aromatic rings. The number of para-hydroxylation sites is 1. The van der Waals surface area contributed by atoms with Crippen molar-refractivity contribution in [2.24, 2.45) is 0 Å². The van der Waals surface area contributed by atoms with E-state index in [4.69, 9.17) is 4.74 Å². The number of benzene rings is 1. The average molecular weight is 275 g/mol. The number of carbonyl (C=O) groups is 2. The van der Waals surface area contributed by atoms with Gasteiger partial charge in [0, 0.05) is 12.6 Å². The minimum atomic E-state index is -0.970. The number of hydrogen-bond donors (Lipinski definition) is 1. The van der Waals surface area contributed by atoms with Gasteiger partial charge in [-0.15, -0.1) is 0 Å². The van der Waals surface area contributed by atoms with E-state index in [2.05, 4.69) is 0 Å². The predicted octanol–water partition coefficient (Wildman–Crippen LogP) is 2.69. The number of fused-ring (bicyclic) bond motifs is 1. The maximum absolute atomic E-state index is 11.4. The smallest absolute Gasteiger partial charge is 0.411 e. The van der Waals surface area contributed by atoms with Crippen LogP contribution in [0.3, 0.4) is 0 Å². The first-order valence-electron chi connectivity index (χ1n) is 6.60. The van der Waals surface area contributed by atoms with Crippen LogP contribution in [0.5, 0.6) is 0 Å². The lowest BCUT2D eigenvalue weighted by molar-refractivity contribution is -0.137. The number of aryl methyl sites for hydroxylation is 1. The van der Waals surface area contributed by atoms with Crippen molar-refractivity contribution in [1.29, 1.82) is 0 Å². The van der Waals surface area contributed by atoms with Gasteiger partial charge in [0.15, 0.2) is 0 Å². The maximum atomic E-state index is 11.4. The van der Waals surface area contributed by atoms with E-state index in [1.807, 2.05) is 12.1 Å². The Kier molecular flexibility index (Phi) is 4.40. The van der Waals surface area contributed by atoms with Crippen molar-refractivity contribution in [2.75, 3.05) is 18.1 Å². The third-order valence-electron chi connectivity index (χ3n) is 3.17. The Morgan fingerprint density at radius 2 is 2.25 bits per heavy atom. The van der Waals surface area contributed by atoms with Crippen molar-refractivity contribution < 1.29 is 19.4 Å². The molecule has 0 unspecified atom stereocenters. The lowest BCUT2D eigenvalue weighted by Gasteiger charge is -2.28. The Balaban J connectivity index is 2.35. The zero-order chi connectivity index (χ0) is 14.5. The highest BCUT2D eigenvalue weighted by Crippen LogP contribution is 2.31. The van der Waals surface area contributed by atoms with Gasteiger partial charge >= 0.3 is 12.1 Å². The number of anilines is 1. The zero-order valence-electron chi connectivity index (χ0n) is 11.3. The van der Waals surface area contributed by atoms with E-state index in [1.165, 1.54) is 11.0 Å². The number of carboxylic acid groups (broad SMARTS) is 1. The predicted molar refractivity (Wildman–Crippen MR) is 75.8 cm³/mol. The summed E-state index contributed by atoms with van der Waals surface area (Å²) in [4.78, 5) is 24.0. The summed E-state index contributed by atoms with van der Waals surface area (Å²) in [5.74, 6) is -0.428. The molecular weight excluding hydrogens is 258 g/mol. The molecule has 0 bridgehead atoms. The van der Waals surface area contributed by atoms with E-state index in [9.17, 15) is 14.7 Å². The summed E-state index contributed by atoms with van der Waals surface area (Å²) < 4.78 is 4.83. The van der Waals surface area contributed by atoms with Crippen molar-refractivity contribution >= 4 is 23.8 Å². The molecule has 0 radical (unpaired) electrons. The Bertz CT molecular complexity index is 551. The highest BCUT2D eigenvalue weighted by Gasteiger charge is 2.23. The molecule has 1 aliphatic heterocycles. The molecule has 5 nitrogen and oxygen atoms in total. The second-order valence-electron chi connectivity index (χ2n) is 4.48. The van der Waals surface area contributed by atoms with E-state index < -0.39 is 12.1 Å². The quantitative estimate of drug-likeness (QED) is 0.680. The third-order valence-corrected chi connectivity index (χ3v) is 3.17. The second-order valence-corrected chi connectivity index (χ2v) is 4.48. The summed E-state index contributed by atoms with van der Waals surface area (Å²) in [5, 5.41) is 9.28. The molecule has 0 aliphatic carbocycles. The molecule has 0 spiro atoms. The average Bonchev–Trinajstić information content (AvgIpc) is 2.44. The van der Waals surface area contributed by atoms with Gasteiger partial charge in [0.25, 0.3) is 0 Å². The van der Waals surface area contributed by atoms with Crippen molar-refractivity contribution in [1.82, 2.24) is 0 Å². The third kappa shape index (κ3) is 2.99. The molecule has 1 aliphatic rings. The summed E-state index contributed by atoms with van der Waals surface area (Å²) in [6.45, 7) is 2.53. The van der Waals surface area contributed by atoms with E-state index in [1.54, 1.807) is 19.1 Å². The molecule has 1 N–H and O–H groups in total. The van der Waals surface area contributed by atoms with Gasteiger partial charge in [-0.3, -0.25) is 4.90 Å². The Hall–Kier alpha value is -2.30. The minimum Gasteiger partial charge on any atom is -0.465 e. The first kappa shape index (κ1) is 14.1. The lowest BCUT2D eigenvalue weighted by atomic mass is 9.97. The van der Waals surface area contributed by atoms with Gasteiger partial charge in [-0.1, -0.05) is 18.2 Å². The fourth-order valence-corrected chi connectivity index (χ4v) is 2.36. The fourth-order valence-electron chi connectivity index (χ4n) is 2.36. The van der Waals surface area contributed by atoms with Crippen LogP contribution in [0.4, 0.5) is 10.5 Å². The van der Waals surface area contributed by atoms with Gasteiger partial charge in [-0.05, 0) is 37.0 Å². The molecule has 1 aromatic carbocycles. The minimum absolute atomic E-state index is 0.317. The Morgan fingerprint density at radius 1 is 1.45 bits per heavy atom. The lowest BCUT2D eigenvalue weighted by Crippen LogP contribution is -2.34. The first-order chi connectivity index (χ1) is 9.63. The zero-order valence-corrected chi connectivity index (χ0v) is 11.3. The molecule has 0 fully saturated rings. The van der Waals surface area contributed by atoms with Crippen LogP contribution < -0.4 is 4.90 Å². The van der Waals surface area contributed by atoms with Gasteiger partial charge < -0.3 is 9.84 Å². The molecule has 0 aromatic heterocycles. The fraction of sp³-hybridized carbons (Fsp3) is 0.333. The molecule has 1 amide bonds. The number of esters is 1. The molecular formula is C15H17NO4.